The van der Waals surface area contributed by atoms with E-state index in [0.29, 0.717) is 40.3 Å². The molecule has 158 valence electrons. The summed E-state index contributed by atoms with van der Waals surface area (Å²) in [5, 5.41) is 12.4. The molecule has 0 radical (unpaired) electrons. The van der Waals surface area contributed by atoms with E-state index in [9.17, 15) is 4.79 Å². The molecule has 2 aromatic carbocycles. The highest BCUT2D eigenvalue weighted by Crippen LogP contribution is 2.32. The van der Waals surface area contributed by atoms with Gasteiger partial charge in [-0.15, -0.1) is 0 Å². The molecule has 5 aromatic rings. The van der Waals surface area contributed by atoms with E-state index in [0.717, 1.165) is 17.7 Å². The second-order valence-electron chi connectivity index (χ2n) is 7.36. The monoisotopic (exact) mass is 423 g/mol. The molecule has 0 aliphatic carbocycles. The maximum atomic E-state index is 13.3. The second kappa shape index (κ2) is 8.47. The summed E-state index contributed by atoms with van der Waals surface area (Å²) >= 11 is 0. The van der Waals surface area contributed by atoms with Crippen molar-refractivity contribution >= 4 is 17.0 Å². The third kappa shape index (κ3) is 3.76. The van der Waals surface area contributed by atoms with Crippen LogP contribution in [0.3, 0.4) is 0 Å². The van der Waals surface area contributed by atoms with Crippen LogP contribution < -0.4 is 5.32 Å². The minimum absolute atomic E-state index is 0.224. The van der Waals surface area contributed by atoms with Crippen LogP contribution in [0.1, 0.15) is 22.8 Å². The molecule has 0 fully saturated rings. The predicted octanol–water partition coefficient (Wildman–Crippen LogP) is 4.70. The standard InChI is InChI=1S/C25H21N5O2/c1-2-30-14-13-20(28-30)21-15-19(24(31)26-16-17-9-5-3-6-10-17)22-23(29-32-25(22)27-21)18-11-7-4-8-12-18/h3-15H,2,16H2,1H3,(H,26,31). The Morgan fingerprint density at radius 1 is 1.00 bits per heavy atom. The van der Waals surface area contributed by atoms with Gasteiger partial charge in [0.2, 0.25) is 0 Å². The van der Waals surface area contributed by atoms with Crippen LogP contribution in [0, 0.1) is 0 Å². The van der Waals surface area contributed by atoms with Crippen molar-refractivity contribution < 1.29 is 9.32 Å². The van der Waals surface area contributed by atoms with E-state index in [4.69, 9.17) is 4.52 Å². The first kappa shape index (κ1) is 19.7. The van der Waals surface area contributed by atoms with Crippen molar-refractivity contribution in [2.45, 2.75) is 20.0 Å². The highest BCUT2D eigenvalue weighted by Gasteiger charge is 2.22. The van der Waals surface area contributed by atoms with Gasteiger partial charge in [0.25, 0.3) is 11.6 Å². The first-order valence-corrected chi connectivity index (χ1v) is 10.4. The molecule has 3 aromatic heterocycles. The molecule has 7 heteroatoms. The van der Waals surface area contributed by atoms with E-state index >= 15 is 0 Å². The van der Waals surface area contributed by atoms with Crippen molar-refractivity contribution in [3.05, 3.63) is 90.1 Å². The molecule has 0 saturated carbocycles. The summed E-state index contributed by atoms with van der Waals surface area (Å²) in [6.45, 7) is 3.17. The van der Waals surface area contributed by atoms with Gasteiger partial charge in [-0.05, 0) is 24.6 Å². The zero-order valence-electron chi connectivity index (χ0n) is 17.5. The Morgan fingerprint density at radius 2 is 1.75 bits per heavy atom. The van der Waals surface area contributed by atoms with Gasteiger partial charge in [-0.2, -0.15) is 5.10 Å². The summed E-state index contributed by atoms with van der Waals surface area (Å²) in [4.78, 5) is 17.9. The highest BCUT2D eigenvalue weighted by molar-refractivity contribution is 6.10. The number of carbonyl (C=O) groups is 1. The van der Waals surface area contributed by atoms with Gasteiger partial charge in [0.05, 0.1) is 16.6 Å². The number of hydrogen-bond acceptors (Lipinski definition) is 5. The van der Waals surface area contributed by atoms with Crippen molar-refractivity contribution in [2.24, 2.45) is 0 Å². The summed E-state index contributed by atoms with van der Waals surface area (Å²) in [7, 11) is 0. The van der Waals surface area contributed by atoms with Gasteiger partial charge in [0.1, 0.15) is 11.4 Å². The number of nitrogens with zero attached hydrogens (tertiary/aromatic N) is 4. The lowest BCUT2D eigenvalue weighted by atomic mass is 10.0. The van der Waals surface area contributed by atoms with Crippen molar-refractivity contribution in [1.29, 1.82) is 0 Å². The Balaban J connectivity index is 1.61. The maximum absolute atomic E-state index is 13.3. The Labute approximate surface area is 184 Å². The molecule has 7 nitrogen and oxygen atoms in total. The van der Waals surface area contributed by atoms with Crippen LogP contribution in [0.4, 0.5) is 0 Å². The van der Waals surface area contributed by atoms with Crippen LogP contribution in [0.25, 0.3) is 33.7 Å². The summed E-state index contributed by atoms with van der Waals surface area (Å²) < 4.78 is 7.39. The first-order valence-electron chi connectivity index (χ1n) is 10.4. The smallest absolute Gasteiger partial charge is 0.259 e. The zero-order chi connectivity index (χ0) is 21.9. The number of aromatic nitrogens is 4. The molecule has 1 amide bonds. The van der Waals surface area contributed by atoms with Crippen LogP contribution in [0.15, 0.2) is 83.5 Å². The highest BCUT2D eigenvalue weighted by atomic mass is 16.5. The van der Waals surface area contributed by atoms with Gasteiger partial charge < -0.3 is 9.84 Å². The number of benzene rings is 2. The molecule has 0 aliphatic heterocycles. The molecule has 0 spiro atoms. The second-order valence-corrected chi connectivity index (χ2v) is 7.36. The summed E-state index contributed by atoms with van der Waals surface area (Å²) in [6.07, 6.45) is 1.88. The van der Waals surface area contributed by atoms with Crippen molar-refractivity contribution in [1.82, 2.24) is 25.2 Å². The minimum atomic E-state index is -0.224. The van der Waals surface area contributed by atoms with Crippen LogP contribution in [0.5, 0.6) is 0 Å². The molecule has 0 saturated heterocycles. The van der Waals surface area contributed by atoms with Gasteiger partial charge >= 0.3 is 0 Å². The fourth-order valence-corrected chi connectivity index (χ4v) is 3.60. The Morgan fingerprint density at radius 3 is 2.47 bits per heavy atom. The van der Waals surface area contributed by atoms with Crippen molar-refractivity contribution in [3.8, 4) is 22.6 Å². The third-order valence-electron chi connectivity index (χ3n) is 5.26. The van der Waals surface area contributed by atoms with Crippen LogP contribution >= 0.6 is 0 Å². The van der Waals surface area contributed by atoms with Crippen molar-refractivity contribution in [3.63, 3.8) is 0 Å². The lowest BCUT2D eigenvalue weighted by Crippen LogP contribution is -2.23. The molecular weight excluding hydrogens is 402 g/mol. The number of fused-ring (bicyclic) bond motifs is 1. The van der Waals surface area contributed by atoms with Gasteiger partial charge in [-0.25, -0.2) is 4.98 Å². The Kier molecular flexibility index (Phi) is 5.21. The Bertz CT molecular complexity index is 1370. The third-order valence-corrected chi connectivity index (χ3v) is 5.26. The molecule has 3 heterocycles. The number of aryl methyl sites for hydroxylation is 1. The van der Waals surface area contributed by atoms with Crippen LogP contribution in [-0.4, -0.2) is 25.8 Å². The maximum Gasteiger partial charge on any atom is 0.259 e. The SMILES string of the molecule is CCn1ccc(-c2cc(C(=O)NCc3ccccc3)c3c(-c4ccccc4)noc3n2)n1. The number of nitrogens with one attached hydrogen (secondary N) is 1. The van der Waals surface area contributed by atoms with E-state index in [-0.39, 0.29) is 5.91 Å². The van der Waals surface area contributed by atoms with E-state index in [1.807, 2.05) is 84.5 Å². The van der Waals surface area contributed by atoms with Gasteiger partial charge in [-0.3, -0.25) is 9.48 Å². The van der Waals surface area contributed by atoms with E-state index < -0.39 is 0 Å². The molecular formula is C25H21N5O2. The van der Waals surface area contributed by atoms with E-state index in [1.54, 1.807) is 6.07 Å². The van der Waals surface area contributed by atoms with Gasteiger partial charge in [0.15, 0.2) is 0 Å². The number of hydrogen-bond donors (Lipinski definition) is 1. The molecule has 1 N–H and O–H groups in total. The molecule has 0 unspecified atom stereocenters. The summed E-state index contributed by atoms with van der Waals surface area (Å²) in [5.74, 6) is -0.224. The fraction of sp³-hybridized carbons (Fsp3) is 0.120. The van der Waals surface area contributed by atoms with Gasteiger partial charge in [-0.1, -0.05) is 65.8 Å². The van der Waals surface area contributed by atoms with Crippen LogP contribution in [0.2, 0.25) is 0 Å². The predicted molar refractivity (Wildman–Crippen MR) is 122 cm³/mol. The summed E-state index contributed by atoms with van der Waals surface area (Å²) in [5.41, 5.74) is 4.44. The normalized spacial score (nSPS) is 11.0. The molecule has 0 aliphatic rings. The zero-order valence-corrected chi connectivity index (χ0v) is 17.5. The van der Waals surface area contributed by atoms with Gasteiger partial charge in [0, 0.05) is 24.8 Å². The number of pyridine rings is 1. The molecule has 5 rings (SSSR count). The summed E-state index contributed by atoms with van der Waals surface area (Å²) in [6, 6.07) is 23.0. The average Bonchev–Trinajstić information content (AvgIpc) is 3.50. The lowest BCUT2D eigenvalue weighted by molar-refractivity contribution is 0.0952. The number of carbonyl (C=O) groups excluding carboxylic acids is 1. The molecule has 0 bridgehead atoms. The number of rotatable bonds is 6. The molecule has 0 atom stereocenters. The topological polar surface area (TPSA) is 85.8 Å². The molecule has 32 heavy (non-hydrogen) atoms. The minimum Gasteiger partial charge on any atom is -0.348 e. The Hall–Kier alpha value is -4.26. The van der Waals surface area contributed by atoms with E-state index in [1.165, 1.54) is 0 Å². The lowest BCUT2D eigenvalue weighted by Gasteiger charge is -2.08. The largest absolute Gasteiger partial charge is 0.348 e. The quantitative estimate of drug-likeness (QED) is 0.428. The average molecular weight is 423 g/mol. The van der Waals surface area contributed by atoms with Crippen LogP contribution in [-0.2, 0) is 13.1 Å². The fourth-order valence-electron chi connectivity index (χ4n) is 3.60. The number of amides is 1. The first-order chi connectivity index (χ1) is 15.7. The van der Waals surface area contributed by atoms with Crippen molar-refractivity contribution in [2.75, 3.05) is 0 Å². The van der Waals surface area contributed by atoms with E-state index in [2.05, 4.69) is 20.6 Å².